The highest BCUT2D eigenvalue weighted by Crippen LogP contribution is 2.32. The largest absolute Gasteiger partial charge is 0.359 e. The third-order valence-electron chi connectivity index (χ3n) is 3.16. The zero-order valence-electron chi connectivity index (χ0n) is 10.2. The van der Waals surface area contributed by atoms with Crippen molar-refractivity contribution in [3.63, 3.8) is 0 Å². The van der Waals surface area contributed by atoms with Crippen molar-refractivity contribution < 1.29 is 4.79 Å². The minimum absolute atomic E-state index is 0.0381. The van der Waals surface area contributed by atoms with Gasteiger partial charge in [0.15, 0.2) is 0 Å². The summed E-state index contributed by atoms with van der Waals surface area (Å²) in [6.45, 7) is 2.10. The molecule has 0 radical (unpaired) electrons. The maximum Gasteiger partial charge on any atom is 0.256 e. The van der Waals surface area contributed by atoms with E-state index in [0.29, 0.717) is 0 Å². The van der Waals surface area contributed by atoms with Crippen molar-refractivity contribution in [3.8, 4) is 0 Å². The van der Waals surface area contributed by atoms with Crippen LogP contribution in [-0.2, 0) is 11.2 Å². The molecule has 1 aromatic carbocycles. The van der Waals surface area contributed by atoms with Gasteiger partial charge in [-0.2, -0.15) is 0 Å². The van der Waals surface area contributed by atoms with Crippen LogP contribution in [0.5, 0.6) is 0 Å². The van der Waals surface area contributed by atoms with E-state index in [0.717, 1.165) is 28.9 Å². The molecule has 0 bridgehead atoms. The van der Waals surface area contributed by atoms with Crippen LogP contribution >= 0.6 is 0 Å². The number of carbonyl (C=O) groups is 1. The van der Waals surface area contributed by atoms with Crippen molar-refractivity contribution in [1.29, 1.82) is 0 Å². The van der Waals surface area contributed by atoms with E-state index in [1.54, 1.807) is 0 Å². The molecule has 3 rings (SSSR count). The number of nitrogens with one attached hydrogen (secondary N) is 2. The summed E-state index contributed by atoms with van der Waals surface area (Å²) in [5.41, 5.74) is 4.71. The molecule has 1 aliphatic rings. The third kappa shape index (κ3) is 1.74. The molecule has 2 heterocycles. The predicted molar refractivity (Wildman–Crippen MR) is 73.1 cm³/mol. The van der Waals surface area contributed by atoms with Gasteiger partial charge in [0.25, 0.3) is 5.91 Å². The van der Waals surface area contributed by atoms with Crippen LogP contribution in [-0.4, -0.2) is 10.9 Å². The number of fused-ring (bicyclic) bond motifs is 1. The lowest BCUT2D eigenvalue weighted by Crippen LogP contribution is -2.03. The van der Waals surface area contributed by atoms with Gasteiger partial charge in [0.05, 0.1) is 5.57 Å². The fourth-order valence-electron chi connectivity index (χ4n) is 2.19. The average molecular weight is 238 g/mol. The van der Waals surface area contributed by atoms with Gasteiger partial charge in [0.2, 0.25) is 0 Å². The van der Waals surface area contributed by atoms with Crippen LogP contribution in [0.1, 0.15) is 23.9 Å². The van der Waals surface area contributed by atoms with Gasteiger partial charge in [0.1, 0.15) is 0 Å². The molecule has 0 fully saturated rings. The number of amides is 1. The van der Waals surface area contributed by atoms with E-state index in [2.05, 4.69) is 17.2 Å². The molecule has 1 aliphatic heterocycles. The lowest BCUT2D eigenvalue weighted by Gasteiger charge is -1.96. The van der Waals surface area contributed by atoms with Crippen LogP contribution in [0.2, 0.25) is 0 Å². The highest BCUT2D eigenvalue weighted by atomic mass is 16.2. The first kappa shape index (κ1) is 10.8. The van der Waals surface area contributed by atoms with Gasteiger partial charge in [0, 0.05) is 22.6 Å². The third-order valence-corrected chi connectivity index (χ3v) is 3.16. The van der Waals surface area contributed by atoms with Crippen LogP contribution < -0.4 is 5.32 Å². The van der Waals surface area contributed by atoms with Crippen molar-refractivity contribution in [1.82, 2.24) is 4.98 Å². The molecule has 0 unspecified atom stereocenters. The number of para-hydroxylation sites is 1. The topological polar surface area (TPSA) is 44.9 Å². The summed E-state index contributed by atoms with van der Waals surface area (Å²) in [6, 6.07) is 11.8. The number of carbonyl (C=O) groups excluding carboxylic acids is 1. The fourth-order valence-corrected chi connectivity index (χ4v) is 2.19. The Labute approximate surface area is 106 Å². The summed E-state index contributed by atoms with van der Waals surface area (Å²) in [5.74, 6) is -0.0381. The first-order chi connectivity index (χ1) is 8.78. The van der Waals surface area contributed by atoms with Gasteiger partial charge in [-0.25, -0.2) is 0 Å². The molecule has 3 nitrogen and oxygen atoms in total. The minimum atomic E-state index is -0.0381. The molecule has 0 aliphatic carbocycles. The Kier molecular flexibility index (Phi) is 2.52. The molecule has 18 heavy (non-hydrogen) atoms. The first-order valence-electron chi connectivity index (χ1n) is 6.08. The Balaban J connectivity index is 2.04. The zero-order chi connectivity index (χ0) is 12.5. The fraction of sp³-hybridized carbons (Fsp3) is 0.133. The van der Waals surface area contributed by atoms with E-state index < -0.39 is 0 Å². The molecule has 0 saturated carbocycles. The normalized spacial score (nSPS) is 15.8. The van der Waals surface area contributed by atoms with Crippen molar-refractivity contribution in [2.24, 2.45) is 0 Å². The van der Waals surface area contributed by atoms with Crippen molar-refractivity contribution in [2.45, 2.75) is 13.3 Å². The monoisotopic (exact) mass is 238 g/mol. The number of aromatic nitrogens is 1. The van der Waals surface area contributed by atoms with Gasteiger partial charge in [-0.3, -0.25) is 4.79 Å². The molecular formula is C15H14N2O. The number of hydrogen-bond acceptors (Lipinski definition) is 1. The van der Waals surface area contributed by atoms with Crippen molar-refractivity contribution in [2.75, 3.05) is 5.32 Å². The van der Waals surface area contributed by atoms with E-state index in [1.165, 1.54) is 5.69 Å². The zero-order valence-corrected chi connectivity index (χ0v) is 10.2. The number of rotatable bonds is 2. The van der Waals surface area contributed by atoms with Gasteiger partial charge in [-0.05, 0) is 30.7 Å². The Bertz CT molecular complexity index is 637. The molecule has 90 valence electrons. The van der Waals surface area contributed by atoms with Gasteiger partial charge in [-0.1, -0.05) is 25.1 Å². The van der Waals surface area contributed by atoms with E-state index >= 15 is 0 Å². The molecule has 0 saturated heterocycles. The minimum Gasteiger partial charge on any atom is -0.359 e. The van der Waals surface area contributed by atoms with E-state index in [-0.39, 0.29) is 5.91 Å². The summed E-state index contributed by atoms with van der Waals surface area (Å²) in [4.78, 5) is 15.2. The first-order valence-corrected chi connectivity index (χ1v) is 6.08. The number of anilines is 1. The molecule has 0 atom stereocenters. The quantitative estimate of drug-likeness (QED) is 0.776. The summed E-state index contributed by atoms with van der Waals surface area (Å²) in [7, 11) is 0. The van der Waals surface area contributed by atoms with Crippen molar-refractivity contribution in [3.05, 3.63) is 53.3 Å². The maximum atomic E-state index is 11.9. The number of aromatic amines is 1. The van der Waals surface area contributed by atoms with Crippen molar-refractivity contribution >= 4 is 23.2 Å². The van der Waals surface area contributed by atoms with Crippen LogP contribution in [0.15, 0.2) is 36.4 Å². The Hall–Kier alpha value is -2.29. The number of hydrogen-bond donors (Lipinski definition) is 2. The van der Waals surface area contributed by atoms with E-state index in [9.17, 15) is 4.79 Å². The molecule has 0 spiro atoms. The van der Waals surface area contributed by atoms with Crippen LogP contribution in [0.4, 0.5) is 5.69 Å². The lowest BCUT2D eigenvalue weighted by atomic mass is 10.1. The van der Waals surface area contributed by atoms with Gasteiger partial charge in [-0.15, -0.1) is 0 Å². The van der Waals surface area contributed by atoms with Crippen LogP contribution in [0.25, 0.3) is 11.6 Å². The standard InChI is InChI=1S/C15H14N2O/c1-2-10-7-8-11(16-10)9-13-12-5-3-4-6-14(12)17-15(13)18/h3-9,16H,2H2,1H3,(H,17,18). The Morgan fingerprint density at radius 2 is 2.00 bits per heavy atom. The average Bonchev–Trinajstić information content (AvgIpc) is 2.96. The maximum absolute atomic E-state index is 11.9. The van der Waals surface area contributed by atoms with Gasteiger partial charge < -0.3 is 10.3 Å². The second kappa shape index (κ2) is 4.18. The molecule has 2 aromatic rings. The lowest BCUT2D eigenvalue weighted by molar-refractivity contribution is -0.110. The van der Waals surface area contributed by atoms with Crippen LogP contribution in [0.3, 0.4) is 0 Å². The predicted octanol–water partition coefficient (Wildman–Crippen LogP) is 3.07. The highest BCUT2D eigenvalue weighted by molar-refractivity contribution is 6.34. The Morgan fingerprint density at radius 1 is 1.17 bits per heavy atom. The summed E-state index contributed by atoms with van der Waals surface area (Å²) < 4.78 is 0. The molecular weight excluding hydrogens is 224 g/mol. The summed E-state index contributed by atoms with van der Waals surface area (Å²) >= 11 is 0. The van der Waals surface area contributed by atoms with Gasteiger partial charge >= 0.3 is 0 Å². The van der Waals surface area contributed by atoms with E-state index in [4.69, 9.17) is 0 Å². The molecule has 3 heteroatoms. The SMILES string of the molecule is CCc1ccc(C=C2C(=O)Nc3ccccc32)[nH]1. The molecule has 1 aromatic heterocycles. The highest BCUT2D eigenvalue weighted by Gasteiger charge is 2.23. The number of benzene rings is 1. The van der Waals surface area contributed by atoms with Crippen LogP contribution in [0, 0.1) is 0 Å². The van der Waals surface area contributed by atoms with E-state index in [1.807, 2.05) is 42.5 Å². The molecule has 1 amide bonds. The molecule has 2 N–H and O–H groups in total. The smallest absolute Gasteiger partial charge is 0.256 e. The second-order valence-electron chi connectivity index (χ2n) is 4.35. The summed E-state index contributed by atoms with van der Waals surface area (Å²) in [5, 5.41) is 2.87. The second-order valence-corrected chi connectivity index (χ2v) is 4.35. The summed E-state index contributed by atoms with van der Waals surface area (Å²) in [6.07, 6.45) is 2.87. The Morgan fingerprint density at radius 3 is 2.78 bits per heavy atom. The number of H-pyrrole nitrogens is 1. The number of aryl methyl sites for hydroxylation is 1.